The summed E-state index contributed by atoms with van der Waals surface area (Å²) in [6, 6.07) is 22.4. The summed E-state index contributed by atoms with van der Waals surface area (Å²) < 4.78 is 17.7. The molecule has 0 aliphatic heterocycles. The van der Waals surface area contributed by atoms with Crippen LogP contribution in [-0.2, 0) is 11.4 Å². The lowest BCUT2D eigenvalue weighted by atomic mass is 10.1. The van der Waals surface area contributed by atoms with Crippen molar-refractivity contribution in [1.82, 2.24) is 0 Å². The highest BCUT2D eigenvalue weighted by atomic mass is 127. The molecule has 3 aromatic rings. The number of rotatable bonds is 9. The average molecular weight is 554 g/mol. The highest BCUT2D eigenvalue weighted by Crippen LogP contribution is 2.35. The third kappa shape index (κ3) is 6.73. The van der Waals surface area contributed by atoms with Crippen LogP contribution in [0.4, 0.5) is 5.69 Å². The molecule has 0 saturated heterocycles. The second kappa shape index (κ2) is 11.9. The molecule has 7 heteroatoms. The predicted molar refractivity (Wildman–Crippen MR) is 136 cm³/mol. The van der Waals surface area contributed by atoms with Gasteiger partial charge in [0.2, 0.25) is 0 Å². The largest absolute Gasteiger partial charge is 0.494 e. The molecule has 1 N–H and O–H groups in total. The summed E-state index contributed by atoms with van der Waals surface area (Å²) in [5.74, 6) is 1.26. The quantitative estimate of drug-likeness (QED) is 0.205. The molecule has 168 valence electrons. The van der Waals surface area contributed by atoms with Gasteiger partial charge >= 0.3 is 0 Å². The van der Waals surface area contributed by atoms with Gasteiger partial charge in [0.05, 0.1) is 17.3 Å². The zero-order valence-electron chi connectivity index (χ0n) is 18.3. The lowest BCUT2D eigenvalue weighted by molar-refractivity contribution is -0.112. The third-order valence-electron chi connectivity index (χ3n) is 4.56. The molecular formula is C26H23IN2O4. The minimum atomic E-state index is -0.510. The van der Waals surface area contributed by atoms with Crippen molar-refractivity contribution >= 4 is 40.3 Å². The molecule has 0 fully saturated rings. The van der Waals surface area contributed by atoms with Gasteiger partial charge in [0, 0.05) is 11.8 Å². The van der Waals surface area contributed by atoms with E-state index in [9.17, 15) is 10.1 Å². The Balaban J connectivity index is 1.80. The van der Waals surface area contributed by atoms with Gasteiger partial charge < -0.3 is 19.5 Å². The number of hydrogen-bond donors (Lipinski definition) is 1. The molecule has 6 nitrogen and oxygen atoms in total. The molecule has 0 bridgehead atoms. The zero-order chi connectivity index (χ0) is 23.6. The molecule has 0 unspecified atom stereocenters. The Hall–Kier alpha value is -3.51. The van der Waals surface area contributed by atoms with Crippen LogP contribution in [0.2, 0.25) is 0 Å². The van der Waals surface area contributed by atoms with E-state index in [1.54, 1.807) is 37.4 Å². The molecule has 3 rings (SSSR count). The van der Waals surface area contributed by atoms with E-state index < -0.39 is 5.91 Å². The fourth-order valence-electron chi connectivity index (χ4n) is 3.04. The van der Waals surface area contributed by atoms with Crippen LogP contribution in [0.1, 0.15) is 18.1 Å². The van der Waals surface area contributed by atoms with E-state index >= 15 is 0 Å². The highest BCUT2D eigenvalue weighted by molar-refractivity contribution is 14.1. The summed E-state index contributed by atoms with van der Waals surface area (Å²) in [6.45, 7) is 2.80. The molecule has 0 aliphatic carbocycles. The number of halogens is 1. The number of nitrogens with one attached hydrogen (secondary N) is 1. The molecular weight excluding hydrogens is 531 g/mol. The van der Waals surface area contributed by atoms with E-state index in [4.69, 9.17) is 14.2 Å². The molecule has 0 heterocycles. The number of amides is 1. The van der Waals surface area contributed by atoms with E-state index in [1.807, 2.05) is 49.4 Å². The number of methoxy groups -OCH3 is 1. The maximum atomic E-state index is 12.7. The van der Waals surface area contributed by atoms with Gasteiger partial charge in [-0.05, 0) is 71.0 Å². The van der Waals surface area contributed by atoms with Crippen molar-refractivity contribution in [3.8, 4) is 23.3 Å². The second-order valence-electron chi connectivity index (χ2n) is 6.89. The van der Waals surface area contributed by atoms with Crippen molar-refractivity contribution in [3.63, 3.8) is 0 Å². The predicted octanol–water partition coefficient (Wildman–Crippen LogP) is 5.82. The first-order valence-electron chi connectivity index (χ1n) is 10.2. The van der Waals surface area contributed by atoms with Crippen molar-refractivity contribution in [2.45, 2.75) is 13.5 Å². The first kappa shape index (κ1) is 24.1. The first-order chi connectivity index (χ1) is 16.0. The van der Waals surface area contributed by atoms with Gasteiger partial charge in [-0.1, -0.05) is 36.4 Å². The number of nitrogens with zero attached hydrogens (tertiary/aromatic N) is 1. The SMILES string of the molecule is CCOc1cccc(NC(=O)C(C#N)=Cc2cc(I)c(OCc3ccccc3)c(OC)c2)c1. The number of carbonyl (C=O) groups is 1. The van der Waals surface area contributed by atoms with Crippen LogP contribution in [0.5, 0.6) is 17.2 Å². The number of carbonyl (C=O) groups excluding carboxylic acids is 1. The van der Waals surface area contributed by atoms with E-state index in [1.165, 1.54) is 6.08 Å². The van der Waals surface area contributed by atoms with Gasteiger partial charge in [-0.2, -0.15) is 5.26 Å². The van der Waals surface area contributed by atoms with Crippen molar-refractivity contribution in [2.75, 3.05) is 19.0 Å². The molecule has 0 saturated carbocycles. The van der Waals surface area contributed by atoms with E-state index in [-0.39, 0.29) is 5.57 Å². The lowest BCUT2D eigenvalue weighted by Gasteiger charge is -2.14. The molecule has 1 amide bonds. The second-order valence-corrected chi connectivity index (χ2v) is 8.06. The van der Waals surface area contributed by atoms with Gasteiger partial charge in [0.15, 0.2) is 11.5 Å². The maximum absolute atomic E-state index is 12.7. The average Bonchev–Trinajstić information content (AvgIpc) is 2.82. The Labute approximate surface area is 206 Å². The standard InChI is InChI=1S/C26H23IN2O4/c1-3-32-22-11-7-10-21(15-22)29-26(30)20(16-28)12-19-13-23(27)25(24(14-19)31-2)33-17-18-8-5-4-6-9-18/h4-15H,3,17H2,1-2H3,(H,29,30). The lowest BCUT2D eigenvalue weighted by Crippen LogP contribution is -2.13. The Morgan fingerprint density at radius 3 is 2.58 bits per heavy atom. The van der Waals surface area contributed by atoms with Crippen LogP contribution in [0.25, 0.3) is 6.08 Å². The third-order valence-corrected chi connectivity index (χ3v) is 5.36. The number of anilines is 1. The molecule has 0 spiro atoms. The highest BCUT2D eigenvalue weighted by Gasteiger charge is 2.14. The van der Waals surface area contributed by atoms with E-state index in [2.05, 4.69) is 27.9 Å². The number of benzene rings is 3. The van der Waals surface area contributed by atoms with Crippen molar-refractivity contribution in [3.05, 3.63) is 87.0 Å². The summed E-state index contributed by atoms with van der Waals surface area (Å²) in [7, 11) is 1.55. The van der Waals surface area contributed by atoms with Gasteiger partial charge in [0.25, 0.3) is 5.91 Å². The van der Waals surface area contributed by atoms with E-state index in [0.717, 1.165) is 9.13 Å². The smallest absolute Gasteiger partial charge is 0.266 e. The molecule has 0 aromatic heterocycles. The summed E-state index contributed by atoms with van der Waals surface area (Å²) in [5, 5.41) is 12.3. The molecule has 0 aliphatic rings. The fraction of sp³-hybridized carbons (Fsp3) is 0.154. The fourth-order valence-corrected chi connectivity index (χ4v) is 3.82. The van der Waals surface area contributed by atoms with Crippen molar-refractivity contribution in [1.29, 1.82) is 5.26 Å². The van der Waals surface area contributed by atoms with Crippen LogP contribution >= 0.6 is 22.6 Å². The molecule has 0 atom stereocenters. The Morgan fingerprint density at radius 2 is 1.88 bits per heavy atom. The molecule has 33 heavy (non-hydrogen) atoms. The van der Waals surface area contributed by atoms with Gasteiger partial charge in [-0.15, -0.1) is 0 Å². The van der Waals surface area contributed by atoms with Crippen LogP contribution in [-0.4, -0.2) is 19.6 Å². The summed E-state index contributed by atoms with van der Waals surface area (Å²) in [4.78, 5) is 12.7. The topological polar surface area (TPSA) is 80.6 Å². The number of hydrogen-bond acceptors (Lipinski definition) is 5. The van der Waals surface area contributed by atoms with Crippen LogP contribution in [0, 0.1) is 14.9 Å². The summed E-state index contributed by atoms with van der Waals surface area (Å²) in [6.07, 6.45) is 1.52. The normalized spacial score (nSPS) is 10.8. The van der Waals surface area contributed by atoms with Crippen molar-refractivity contribution in [2.24, 2.45) is 0 Å². The van der Waals surface area contributed by atoms with Gasteiger partial charge in [-0.25, -0.2) is 0 Å². The number of nitriles is 1. The Morgan fingerprint density at radius 1 is 1.09 bits per heavy atom. The Bertz CT molecular complexity index is 1190. The van der Waals surface area contributed by atoms with Crippen LogP contribution in [0.15, 0.2) is 72.3 Å². The van der Waals surface area contributed by atoms with E-state index in [0.29, 0.717) is 41.7 Å². The number of ether oxygens (including phenoxy) is 3. The minimum Gasteiger partial charge on any atom is -0.494 e. The molecule has 0 radical (unpaired) electrons. The Kier molecular flexibility index (Phi) is 8.72. The zero-order valence-corrected chi connectivity index (χ0v) is 20.5. The van der Waals surface area contributed by atoms with Crippen molar-refractivity contribution < 1.29 is 19.0 Å². The summed E-state index contributed by atoms with van der Waals surface area (Å²) in [5.41, 5.74) is 2.20. The van der Waals surface area contributed by atoms with Crippen LogP contribution < -0.4 is 19.5 Å². The van der Waals surface area contributed by atoms with Gasteiger partial charge in [-0.3, -0.25) is 4.79 Å². The van der Waals surface area contributed by atoms with Gasteiger partial charge in [0.1, 0.15) is 24.0 Å². The maximum Gasteiger partial charge on any atom is 0.266 e. The first-order valence-corrected chi connectivity index (χ1v) is 11.3. The monoisotopic (exact) mass is 554 g/mol. The summed E-state index contributed by atoms with van der Waals surface area (Å²) >= 11 is 2.15. The molecule has 3 aromatic carbocycles. The minimum absolute atomic E-state index is 0.0346. The van der Waals surface area contributed by atoms with Crippen LogP contribution in [0.3, 0.4) is 0 Å².